The zero-order chi connectivity index (χ0) is 13.0. The summed E-state index contributed by atoms with van der Waals surface area (Å²) in [7, 11) is 0. The Morgan fingerprint density at radius 1 is 1.28 bits per heavy atom. The summed E-state index contributed by atoms with van der Waals surface area (Å²) in [6.07, 6.45) is 0. The van der Waals surface area contributed by atoms with Gasteiger partial charge in [-0.25, -0.2) is 0 Å². The Morgan fingerprint density at radius 2 is 2.06 bits per heavy atom. The molecule has 2 rings (SSSR count). The molecule has 1 heterocycles. The molecule has 0 spiro atoms. The van der Waals surface area contributed by atoms with E-state index in [-0.39, 0.29) is 6.54 Å². The van der Waals surface area contributed by atoms with Crippen molar-refractivity contribution in [1.82, 2.24) is 0 Å². The summed E-state index contributed by atoms with van der Waals surface area (Å²) >= 11 is 1.60. The van der Waals surface area contributed by atoms with Crippen LogP contribution in [0.5, 0.6) is 0 Å². The second-order valence-corrected chi connectivity index (χ2v) is 4.92. The van der Waals surface area contributed by atoms with Crippen molar-refractivity contribution in [3.63, 3.8) is 0 Å². The minimum atomic E-state index is -0.866. The molecule has 0 unspecified atom stereocenters. The molecule has 3 N–H and O–H groups in total. The van der Waals surface area contributed by atoms with Crippen LogP contribution < -0.4 is 10.6 Å². The summed E-state index contributed by atoms with van der Waals surface area (Å²) in [6, 6.07) is 11.2. The second kappa shape index (κ2) is 5.55. The van der Waals surface area contributed by atoms with Gasteiger partial charge < -0.3 is 15.7 Å². The number of carbonyl (C=O) groups is 1. The summed E-state index contributed by atoms with van der Waals surface area (Å²) in [6.45, 7) is 0.490. The highest BCUT2D eigenvalue weighted by molar-refractivity contribution is 7.09. The number of nitrogens with zero attached hydrogens (tertiary/aromatic N) is 1. The Balaban J connectivity index is 2.25. The number of hydrogen-bond acceptors (Lipinski definition) is 4. The molecular formula is C13H14N2O2S. The van der Waals surface area contributed by atoms with Gasteiger partial charge >= 0.3 is 5.97 Å². The normalized spacial score (nSPS) is 10.2. The molecule has 18 heavy (non-hydrogen) atoms. The van der Waals surface area contributed by atoms with Crippen molar-refractivity contribution in [2.45, 2.75) is 6.54 Å². The molecule has 0 amide bonds. The molecule has 0 saturated heterocycles. The number of nitrogen functional groups attached to an aromatic ring is 1. The van der Waals surface area contributed by atoms with Gasteiger partial charge in [0.05, 0.1) is 17.9 Å². The predicted molar refractivity (Wildman–Crippen MR) is 73.9 cm³/mol. The highest BCUT2D eigenvalue weighted by Crippen LogP contribution is 2.25. The number of carboxylic acid groups (broad SMARTS) is 1. The molecule has 1 aromatic carbocycles. The number of anilines is 2. The number of para-hydroxylation sites is 2. The summed E-state index contributed by atoms with van der Waals surface area (Å²) in [4.78, 5) is 13.8. The van der Waals surface area contributed by atoms with Crippen LogP contribution in [0.2, 0.25) is 0 Å². The third-order valence-electron chi connectivity index (χ3n) is 2.53. The van der Waals surface area contributed by atoms with Crippen molar-refractivity contribution >= 4 is 28.7 Å². The van der Waals surface area contributed by atoms with E-state index in [1.165, 1.54) is 0 Å². The first-order valence-corrected chi connectivity index (χ1v) is 6.38. The maximum absolute atomic E-state index is 10.9. The van der Waals surface area contributed by atoms with Gasteiger partial charge in [0.15, 0.2) is 0 Å². The summed E-state index contributed by atoms with van der Waals surface area (Å²) in [5, 5.41) is 11.0. The Labute approximate surface area is 109 Å². The molecule has 0 radical (unpaired) electrons. The Bertz CT molecular complexity index is 526. The molecule has 0 aliphatic heterocycles. The van der Waals surface area contributed by atoms with Gasteiger partial charge in [-0.05, 0) is 23.6 Å². The van der Waals surface area contributed by atoms with Crippen molar-refractivity contribution in [2.75, 3.05) is 17.2 Å². The largest absolute Gasteiger partial charge is 0.480 e. The van der Waals surface area contributed by atoms with Crippen LogP contribution in [0.3, 0.4) is 0 Å². The summed E-state index contributed by atoms with van der Waals surface area (Å²) < 4.78 is 0. The van der Waals surface area contributed by atoms with Crippen molar-refractivity contribution in [3.05, 3.63) is 46.7 Å². The molecule has 0 atom stereocenters. The molecule has 2 aromatic rings. The molecular weight excluding hydrogens is 248 g/mol. The first-order valence-electron chi connectivity index (χ1n) is 5.50. The van der Waals surface area contributed by atoms with E-state index in [0.29, 0.717) is 12.2 Å². The molecule has 4 nitrogen and oxygen atoms in total. The lowest BCUT2D eigenvalue weighted by Gasteiger charge is -2.23. The number of carboxylic acids is 1. The van der Waals surface area contributed by atoms with Crippen LogP contribution in [0.4, 0.5) is 11.4 Å². The highest BCUT2D eigenvalue weighted by atomic mass is 32.1. The average Bonchev–Trinajstić information content (AvgIpc) is 2.81. The van der Waals surface area contributed by atoms with E-state index in [0.717, 1.165) is 10.6 Å². The van der Waals surface area contributed by atoms with E-state index < -0.39 is 5.97 Å². The molecule has 0 saturated carbocycles. The van der Waals surface area contributed by atoms with Gasteiger partial charge in [-0.3, -0.25) is 4.79 Å². The van der Waals surface area contributed by atoms with Crippen LogP contribution >= 0.6 is 11.3 Å². The van der Waals surface area contributed by atoms with Gasteiger partial charge in [0.1, 0.15) is 6.54 Å². The van der Waals surface area contributed by atoms with Gasteiger partial charge in [0.25, 0.3) is 0 Å². The summed E-state index contributed by atoms with van der Waals surface area (Å²) in [5.74, 6) is -0.866. The molecule has 0 aliphatic carbocycles. The SMILES string of the molecule is Nc1ccccc1N(CC(=O)O)Cc1cccs1. The van der Waals surface area contributed by atoms with E-state index in [9.17, 15) is 4.79 Å². The fraction of sp³-hybridized carbons (Fsp3) is 0.154. The lowest BCUT2D eigenvalue weighted by atomic mass is 10.2. The van der Waals surface area contributed by atoms with Crippen molar-refractivity contribution < 1.29 is 9.90 Å². The number of nitrogens with two attached hydrogens (primary N) is 1. The van der Waals surface area contributed by atoms with Crippen LogP contribution in [-0.4, -0.2) is 17.6 Å². The van der Waals surface area contributed by atoms with Gasteiger partial charge in [0.2, 0.25) is 0 Å². The van der Waals surface area contributed by atoms with Gasteiger partial charge in [-0.15, -0.1) is 11.3 Å². The van der Waals surface area contributed by atoms with Crippen LogP contribution in [0.15, 0.2) is 41.8 Å². The topological polar surface area (TPSA) is 66.6 Å². The number of rotatable bonds is 5. The number of aliphatic carboxylic acids is 1. The number of benzene rings is 1. The third kappa shape index (κ3) is 3.01. The van der Waals surface area contributed by atoms with Crippen molar-refractivity contribution in [2.24, 2.45) is 0 Å². The van der Waals surface area contributed by atoms with E-state index in [1.54, 1.807) is 22.3 Å². The van der Waals surface area contributed by atoms with E-state index in [1.807, 2.05) is 35.7 Å². The fourth-order valence-corrected chi connectivity index (χ4v) is 2.48. The molecule has 5 heteroatoms. The molecule has 1 aromatic heterocycles. The summed E-state index contributed by atoms with van der Waals surface area (Å²) in [5.41, 5.74) is 7.25. The standard InChI is InChI=1S/C13H14N2O2S/c14-11-5-1-2-6-12(11)15(9-13(16)17)8-10-4-3-7-18-10/h1-7H,8-9,14H2,(H,16,17). The lowest BCUT2D eigenvalue weighted by molar-refractivity contribution is -0.135. The molecule has 94 valence electrons. The molecule has 0 fully saturated rings. The Kier molecular flexibility index (Phi) is 3.84. The highest BCUT2D eigenvalue weighted by Gasteiger charge is 2.13. The van der Waals surface area contributed by atoms with Gasteiger partial charge in [0, 0.05) is 4.88 Å². The van der Waals surface area contributed by atoms with E-state index in [2.05, 4.69) is 0 Å². The maximum Gasteiger partial charge on any atom is 0.323 e. The van der Waals surface area contributed by atoms with Crippen LogP contribution in [0.1, 0.15) is 4.88 Å². The lowest BCUT2D eigenvalue weighted by Crippen LogP contribution is -2.29. The first-order chi connectivity index (χ1) is 8.66. The van der Waals surface area contributed by atoms with Crippen LogP contribution in [-0.2, 0) is 11.3 Å². The quantitative estimate of drug-likeness (QED) is 0.812. The van der Waals surface area contributed by atoms with E-state index in [4.69, 9.17) is 10.8 Å². The Hall–Kier alpha value is -2.01. The van der Waals surface area contributed by atoms with Crippen LogP contribution in [0, 0.1) is 0 Å². The van der Waals surface area contributed by atoms with E-state index >= 15 is 0 Å². The minimum Gasteiger partial charge on any atom is -0.480 e. The zero-order valence-electron chi connectivity index (χ0n) is 9.74. The zero-order valence-corrected chi connectivity index (χ0v) is 10.6. The van der Waals surface area contributed by atoms with Gasteiger partial charge in [-0.1, -0.05) is 18.2 Å². The Morgan fingerprint density at radius 3 is 2.67 bits per heavy atom. The van der Waals surface area contributed by atoms with Crippen molar-refractivity contribution in [3.8, 4) is 0 Å². The maximum atomic E-state index is 10.9. The number of thiophene rings is 1. The second-order valence-electron chi connectivity index (χ2n) is 3.89. The third-order valence-corrected chi connectivity index (χ3v) is 3.39. The number of hydrogen-bond donors (Lipinski definition) is 2. The first kappa shape index (κ1) is 12.4. The smallest absolute Gasteiger partial charge is 0.323 e. The van der Waals surface area contributed by atoms with Crippen LogP contribution in [0.25, 0.3) is 0 Å². The van der Waals surface area contributed by atoms with Gasteiger partial charge in [-0.2, -0.15) is 0 Å². The molecule has 0 aliphatic rings. The predicted octanol–water partition coefficient (Wildman–Crippen LogP) is 2.42. The fourth-order valence-electron chi connectivity index (χ4n) is 1.76. The minimum absolute atomic E-state index is 0.0634. The van der Waals surface area contributed by atoms with Crippen molar-refractivity contribution in [1.29, 1.82) is 0 Å². The average molecular weight is 262 g/mol. The molecule has 0 bridgehead atoms. The monoisotopic (exact) mass is 262 g/mol.